The van der Waals surface area contributed by atoms with Crippen LogP contribution in [0.3, 0.4) is 0 Å². The summed E-state index contributed by atoms with van der Waals surface area (Å²) >= 11 is 0. The van der Waals surface area contributed by atoms with E-state index < -0.39 is 15.9 Å². The zero-order valence-electron chi connectivity index (χ0n) is 19.2. The van der Waals surface area contributed by atoms with Crippen LogP contribution in [0.15, 0.2) is 71.6 Å². The summed E-state index contributed by atoms with van der Waals surface area (Å²) in [5.74, 6) is 0.364. The lowest BCUT2D eigenvalue weighted by atomic mass is 10.1. The maximum Gasteiger partial charge on any atom is 0.262 e. The predicted octanol–water partition coefficient (Wildman–Crippen LogP) is 4.50. The van der Waals surface area contributed by atoms with Crippen molar-refractivity contribution in [1.29, 1.82) is 0 Å². The normalized spacial score (nSPS) is 15.7. The topological polar surface area (TPSA) is 96.0 Å². The molecule has 1 N–H and O–H groups in total. The highest BCUT2D eigenvalue weighted by atomic mass is 32.2. The minimum Gasteiger partial charge on any atom is -0.454 e. The fraction of sp³-hybridized carbons (Fsp3) is 0.231. The summed E-state index contributed by atoms with van der Waals surface area (Å²) in [6, 6.07) is 18.1. The molecular formula is C26H25N3O5S. The van der Waals surface area contributed by atoms with Crippen LogP contribution in [-0.2, 0) is 10.0 Å². The van der Waals surface area contributed by atoms with E-state index in [0.29, 0.717) is 53.6 Å². The van der Waals surface area contributed by atoms with Crippen LogP contribution in [0.1, 0.15) is 40.5 Å². The number of carbonyl (C=O) groups excluding carboxylic acids is 2. The van der Waals surface area contributed by atoms with E-state index in [-0.39, 0.29) is 10.8 Å². The van der Waals surface area contributed by atoms with Crippen LogP contribution in [0.25, 0.3) is 0 Å². The van der Waals surface area contributed by atoms with Gasteiger partial charge in [-0.05, 0) is 74.4 Å². The number of ether oxygens (including phenoxy) is 1. The second-order valence-electron chi connectivity index (χ2n) is 8.42. The molecule has 2 aliphatic rings. The third-order valence-electron chi connectivity index (χ3n) is 6.22. The molecule has 35 heavy (non-hydrogen) atoms. The Morgan fingerprint density at radius 3 is 2.40 bits per heavy atom. The van der Waals surface area contributed by atoms with Gasteiger partial charge in [-0.1, -0.05) is 12.1 Å². The fourth-order valence-electron chi connectivity index (χ4n) is 4.38. The second kappa shape index (κ2) is 9.16. The van der Waals surface area contributed by atoms with Crippen LogP contribution < -0.4 is 15.0 Å². The maximum absolute atomic E-state index is 13.3. The van der Waals surface area contributed by atoms with Crippen molar-refractivity contribution in [3.05, 3.63) is 77.9 Å². The van der Waals surface area contributed by atoms with Gasteiger partial charge in [0, 0.05) is 30.9 Å². The second-order valence-corrected chi connectivity index (χ2v) is 10.4. The Labute approximate surface area is 204 Å². The van der Waals surface area contributed by atoms with Gasteiger partial charge in [0.05, 0.1) is 16.1 Å². The largest absolute Gasteiger partial charge is 0.454 e. The van der Waals surface area contributed by atoms with E-state index in [2.05, 4.69) is 5.32 Å². The average molecular weight is 492 g/mol. The highest BCUT2D eigenvalue weighted by molar-refractivity contribution is 7.89. The SMILES string of the molecule is CCN1C(=O)c2cc(NC(=O)c3ccc(S(=O)(=O)N4CCCC4)cc3)ccc2Oc2ccccc21. The summed E-state index contributed by atoms with van der Waals surface area (Å²) < 4.78 is 32.9. The van der Waals surface area contributed by atoms with Gasteiger partial charge < -0.3 is 15.0 Å². The molecule has 0 saturated carbocycles. The number of fused-ring (bicyclic) bond motifs is 2. The summed E-state index contributed by atoms with van der Waals surface area (Å²) in [6.45, 7) is 3.39. The van der Waals surface area contributed by atoms with Crippen molar-refractivity contribution < 1.29 is 22.7 Å². The molecule has 0 atom stereocenters. The number of amides is 2. The number of hydrogen-bond donors (Lipinski definition) is 1. The molecule has 8 nitrogen and oxygen atoms in total. The number of hydrogen-bond acceptors (Lipinski definition) is 5. The molecule has 3 aromatic rings. The van der Waals surface area contributed by atoms with E-state index in [1.54, 1.807) is 23.1 Å². The Hall–Kier alpha value is -3.69. The molecule has 180 valence electrons. The van der Waals surface area contributed by atoms with Gasteiger partial charge in [0.2, 0.25) is 10.0 Å². The van der Waals surface area contributed by atoms with Crippen molar-refractivity contribution in [2.45, 2.75) is 24.7 Å². The molecule has 2 aliphatic heterocycles. The summed E-state index contributed by atoms with van der Waals surface area (Å²) in [5, 5.41) is 2.79. The van der Waals surface area contributed by atoms with Gasteiger partial charge in [0.25, 0.3) is 11.8 Å². The molecule has 0 unspecified atom stereocenters. The standard InChI is InChI=1S/C26H25N3O5S/c1-2-29-22-7-3-4-8-24(22)34-23-14-11-19(17-21(23)26(29)31)27-25(30)18-9-12-20(13-10-18)35(32,33)28-15-5-6-16-28/h3-4,7-14,17H,2,5-6,15-16H2,1H3,(H,27,30). The number of rotatable bonds is 5. The van der Waals surface area contributed by atoms with Gasteiger partial charge >= 0.3 is 0 Å². The Morgan fingerprint density at radius 1 is 0.971 bits per heavy atom. The highest BCUT2D eigenvalue weighted by Crippen LogP contribution is 2.39. The third-order valence-corrected chi connectivity index (χ3v) is 8.14. The molecule has 3 aromatic carbocycles. The van der Waals surface area contributed by atoms with Crippen molar-refractivity contribution >= 4 is 33.2 Å². The lowest BCUT2D eigenvalue weighted by molar-refractivity contribution is 0.0985. The number of sulfonamides is 1. The number of carbonyl (C=O) groups is 2. The van der Waals surface area contributed by atoms with Gasteiger partial charge in [-0.25, -0.2) is 8.42 Å². The number of anilines is 2. The van der Waals surface area contributed by atoms with Crippen LogP contribution in [0, 0.1) is 0 Å². The summed E-state index contributed by atoms with van der Waals surface area (Å²) in [7, 11) is -3.54. The van der Waals surface area contributed by atoms with Crippen molar-refractivity contribution in [2.75, 3.05) is 29.9 Å². The number of nitrogens with one attached hydrogen (secondary N) is 1. The monoisotopic (exact) mass is 491 g/mol. The lowest BCUT2D eigenvalue weighted by Gasteiger charge is -2.19. The van der Waals surface area contributed by atoms with Crippen molar-refractivity contribution in [1.82, 2.24) is 4.31 Å². The quantitative estimate of drug-likeness (QED) is 0.567. The molecule has 5 rings (SSSR count). The van der Waals surface area contributed by atoms with E-state index in [1.807, 2.05) is 31.2 Å². The van der Waals surface area contributed by atoms with Crippen LogP contribution >= 0.6 is 0 Å². The van der Waals surface area contributed by atoms with E-state index in [9.17, 15) is 18.0 Å². The number of para-hydroxylation sites is 2. The molecule has 1 saturated heterocycles. The summed E-state index contributed by atoms with van der Waals surface area (Å²) in [5.41, 5.74) is 1.77. The van der Waals surface area contributed by atoms with Crippen molar-refractivity contribution in [2.24, 2.45) is 0 Å². The average Bonchev–Trinajstić information content (AvgIpc) is 3.39. The van der Waals surface area contributed by atoms with Crippen LogP contribution in [0.2, 0.25) is 0 Å². The first-order chi connectivity index (χ1) is 16.9. The molecule has 2 amide bonds. The van der Waals surface area contributed by atoms with Crippen molar-refractivity contribution in [3.8, 4) is 11.5 Å². The zero-order chi connectivity index (χ0) is 24.6. The molecule has 0 aliphatic carbocycles. The molecule has 0 aromatic heterocycles. The van der Waals surface area contributed by atoms with Crippen LogP contribution in [-0.4, -0.2) is 44.2 Å². The van der Waals surface area contributed by atoms with Crippen LogP contribution in [0.5, 0.6) is 11.5 Å². The first-order valence-corrected chi connectivity index (χ1v) is 13.0. The number of benzene rings is 3. The molecular weight excluding hydrogens is 466 g/mol. The predicted molar refractivity (Wildman–Crippen MR) is 133 cm³/mol. The maximum atomic E-state index is 13.3. The molecule has 0 radical (unpaired) electrons. The summed E-state index contributed by atoms with van der Waals surface area (Å²) in [4.78, 5) is 27.9. The zero-order valence-corrected chi connectivity index (χ0v) is 20.0. The Kier molecular flexibility index (Phi) is 6.04. The first-order valence-electron chi connectivity index (χ1n) is 11.5. The molecule has 0 spiro atoms. The van der Waals surface area contributed by atoms with Gasteiger partial charge in [0.15, 0.2) is 5.75 Å². The molecule has 1 fully saturated rings. The Morgan fingerprint density at radius 2 is 1.69 bits per heavy atom. The van der Waals surface area contributed by atoms with Gasteiger partial charge in [0.1, 0.15) is 5.75 Å². The third kappa shape index (κ3) is 4.28. The summed E-state index contributed by atoms with van der Waals surface area (Å²) in [6.07, 6.45) is 1.71. The number of nitrogens with zero attached hydrogens (tertiary/aromatic N) is 2. The lowest BCUT2D eigenvalue weighted by Crippen LogP contribution is -2.29. The van der Waals surface area contributed by atoms with Gasteiger partial charge in [-0.3, -0.25) is 9.59 Å². The Balaban J connectivity index is 1.37. The van der Waals surface area contributed by atoms with E-state index >= 15 is 0 Å². The van der Waals surface area contributed by atoms with Gasteiger partial charge in [-0.2, -0.15) is 4.31 Å². The fourth-order valence-corrected chi connectivity index (χ4v) is 5.89. The minimum atomic E-state index is -3.54. The van der Waals surface area contributed by atoms with E-state index in [0.717, 1.165) is 12.8 Å². The van der Waals surface area contributed by atoms with E-state index in [4.69, 9.17) is 4.74 Å². The molecule has 0 bridgehead atoms. The van der Waals surface area contributed by atoms with Crippen LogP contribution in [0.4, 0.5) is 11.4 Å². The van der Waals surface area contributed by atoms with Gasteiger partial charge in [-0.15, -0.1) is 0 Å². The molecule has 9 heteroatoms. The smallest absolute Gasteiger partial charge is 0.262 e. The van der Waals surface area contributed by atoms with E-state index in [1.165, 1.54) is 28.6 Å². The molecule has 2 heterocycles. The highest BCUT2D eigenvalue weighted by Gasteiger charge is 2.28. The first kappa shape index (κ1) is 23.1. The van der Waals surface area contributed by atoms with Crippen molar-refractivity contribution in [3.63, 3.8) is 0 Å². The Bertz CT molecular complexity index is 1400. The minimum absolute atomic E-state index is 0.169.